The highest BCUT2D eigenvalue weighted by Gasteiger charge is 2.39. The topological polar surface area (TPSA) is 64.3 Å². The van der Waals surface area contributed by atoms with E-state index in [0.717, 1.165) is 30.8 Å². The molecule has 5 heteroatoms. The average molecular weight is 282 g/mol. The van der Waals surface area contributed by atoms with Gasteiger partial charge in [0.25, 0.3) is 0 Å². The minimum Gasteiger partial charge on any atom is -0.374 e. The predicted molar refractivity (Wildman–Crippen MR) is 82.1 cm³/mol. The second-order valence-electron chi connectivity index (χ2n) is 5.80. The van der Waals surface area contributed by atoms with Gasteiger partial charge in [0.2, 0.25) is 5.95 Å². The maximum absolute atomic E-state index is 5.68. The number of aryl methyl sites for hydroxylation is 1. The van der Waals surface area contributed by atoms with Crippen molar-refractivity contribution in [2.24, 2.45) is 0 Å². The number of hydrogen-bond donors (Lipinski definition) is 1. The Bertz CT molecular complexity index is 688. The largest absolute Gasteiger partial charge is 0.374 e. The first kappa shape index (κ1) is 12.6. The van der Waals surface area contributed by atoms with E-state index in [0.29, 0.717) is 18.1 Å². The fourth-order valence-electron chi connectivity index (χ4n) is 3.37. The Labute approximate surface area is 123 Å². The summed E-state index contributed by atoms with van der Waals surface area (Å²) in [5.74, 6) is 0.309. The molecule has 2 N–H and O–H groups in total. The molecule has 3 heterocycles. The highest BCUT2D eigenvalue weighted by molar-refractivity contribution is 5.67. The van der Waals surface area contributed by atoms with Crippen LogP contribution in [0, 0.1) is 6.92 Å². The zero-order valence-electron chi connectivity index (χ0n) is 12.0. The third-order valence-corrected chi connectivity index (χ3v) is 4.38. The van der Waals surface area contributed by atoms with E-state index in [-0.39, 0.29) is 0 Å². The van der Waals surface area contributed by atoms with Crippen molar-refractivity contribution in [3.05, 3.63) is 36.0 Å². The van der Waals surface area contributed by atoms with E-state index < -0.39 is 0 Å². The van der Waals surface area contributed by atoms with Crippen LogP contribution in [0.25, 0.3) is 11.3 Å². The molecule has 2 atom stereocenters. The molecule has 2 bridgehead atoms. The summed E-state index contributed by atoms with van der Waals surface area (Å²) in [5, 5.41) is 0. The Morgan fingerprint density at radius 2 is 2.24 bits per heavy atom. The van der Waals surface area contributed by atoms with E-state index in [2.05, 4.69) is 40.0 Å². The van der Waals surface area contributed by atoms with Crippen molar-refractivity contribution in [2.45, 2.75) is 25.5 Å². The van der Waals surface area contributed by atoms with Gasteiger partial charge in [-0.1, -0.05) is 6.07 Å². The second-order valence-corrected chi connectivity index (χ2v) is 5.80. The molecule has 0 aliphatic carbocycles. The van der Waals surface area contributed by atoms with E-state index in [1.807, 2.05) is 6.07 Å². The van der Waals surface area contributed by atoms with Gasteiger partial charge in [-0.05, 0) is 37.1 Å². The van der Waals surface area contributed by atoms with Crippen LogP contribution < -0.4 is 10.6 Å². The van der Waals surface area contributed by atoms with Crippen LogP contribution in [-0.4, -0.2) is 35.3 Å². The molecule has 4 rings (SSSR count). The number of nitrogen functional groups attached to an aromatic ring is 1. The van der Waals surface area contributed by atoms with Crippen molar-refractivity contribution >= 4 is 11.6 Å². The summed E-state index contributed by atoms with van der Waals surface area (Å²) in [6.07, 6.45) is 3.26. The lowest BCUT2D eigenvalue weighted by molar-refractivity contribution is 0.0991. The Hall–Kier alpha value is -2.14. The van der Waals surface area contributed by atoms with Crippen LogP contribution >= 0.6 is 0 Å². The van der Waals surface area contributed by atoms with E-state index in [1.54, 1.807) is 6.20 Å². The smallest absolute Gasteiger partial charge is 0.220 e. The van der Waals surface area contributed by atoms with Gasteiger partial charge < -0.3 is 15.4 Å². The van der Waals surface area contributed by atoms with Gasteiger partial charge in [0.15, 0.2) is 0 Å². The van der Waals surface area contributed by atoms with Crippen molar-refractivity contribution in [3.8, 4) is 11.3 Å². The van der Waals surface area contributed by atoms with Crippen LogP contribution in [0.5, 0.6) is 0 Å². The third kappa shape index (κ3) is 2.14. The second kappa shape index (κ2) is 4.70. The lowest BCUT2D eigenvalue weighted by Crippen LogP contribution is -2.37. The predicted octanol–water partition coefficient (Wildman–Crippen LogP) is 2.01. The van der Waals surface area contributed by atoms with Crippen LogP contribution in [-0.2, 0) is 4.74 Å². The Kier molecular flexibility index (Phi) is 2.82. The molecule has 2 aliphatic heterocycles. The summed E-state index contributed by atoms with van der Waals surface area (Å²) >= 11 is 0. The fraction of sp³-hybridized carbons (Fsp3) is 0.375. The summed E-state index contributed by atoms with van der Waals surface area (Å²) in [5.41, 5.74) is 10.2. The molecule has 2 fully saturated rings. The number of nitrogens with two attached hydrogens (primary N) is 1. The van der Waals surface area contributed by atoms with E-state index >= 15 is 0 Å². The molecule has 108 valence electrons. The number of hydrogen-bond acceptors (Lipinski definition) is 5. The minimum atomic E-state index is 0.309. The third-order valence-electron chi connectivity index (χ3n) is 4.38. The number of fused-ring (bicyclic) bond motifs is 2. The maximum atomic E-state index is 5.68. The molecular weight excluding hydrogens is 264 g/mol. The summed E-state index contributed by atoms with van der Waals surface area (Å²) in [4.78, 5) is 10.7. The maximum Gasteiger partial charge on any atom is 0.220 e. The molecular formula is C16H18N4O. The minimum absolute atomic E-state index is 0.309. The first-order chi connectivity index (χ1) is 10.2. The number of ether oxygens (including phenoxy) is 1. The number of nitrogens with zero attached hydrogens (tertiary/aromatic N) is 3. The number of rotatable bonds is 2. The van der Waals surface area contributed by atoms with Crippen LogP contribution in [0.4, 0.5) is 11.6 Å². The fourth-order valence-corrected chi connectivity index (χ4v) is 3.37. The molecule has 2 aliphatic rings. The summed E-state index contributed by atoms with van der Waals surface area (Å²) in [6, 6.07) is 8.88. The average Bonchev–Trinajstić information content (AvgIpc) is 3.10. The Morgan fingerprint density at radius 3 is 2.90 bits per heavy atom. The van der Waals surface area contributed by atoms with Gasteiger partial charge in [-0.25, -0.2) is 9.97 Å². The SMILES string of the molecule is Cc1cc(-c2ccnc(N)n2)ccc1N1C[C@@H]2C[C@H]1CO2. The van der Waals surface area contributed by atoms with Crippen LogP contribution in [0.3, 0.4) is 0 Å². The van der Waals surface area contributed by atoms with E-state index in [4.69, 9.17) is 10.5 Å². The van der Waals surface area contributed by atoms with E-state index in [9.17, 15) is 0 Å². The number of morpholine rings is 1. The number of anilines is 2. The van der Waals surface area contributed by atoms with Crippen molar-refractivity contribution in [2.75, 3.05) is 23.8 Å². The zero-order valence-corrected chi connectivity index (χ0v) is 12.0. The lowest BCUT2D eigenvalue weighted by atomic mass is 10.1. The molecule has 0 amide bonds. The number of aromatic nitrogens is 2. The van der Waals surface area contributed by atoms with Crippen LogP contribution in [0.2, 0.25) is 0 Å². The molecule has 0 saturated carbocycles. The first-order valence-corrected chi connectivity index (χ1v) is 7.28. The molecule has 0 radical (unpaired) electrons. The van der Waals surface area contributed by atoms with Gasteiger partial charge in [-0.2, -0.15) is 0 Å². The van der Waals surface area contributed by atoms with Crippen molar-refractivity contribution in [1.82, 2.24) is 9.97 Å². The van der Waals surface area contributed by atoms with Crippen LogP contribution in [0.15, 0.2) is 30.5 Å². The summed E-state index contributed by atoms with van der Waals surface area (Å²) < 4.78 is 5.68. The monoisotopic (exact) mass is 282 g/mol. The van der Waals surface area contributed by atoms with Crippen molar-refractivity contribution in [3.63, 3.8) is 0 Å². The van der Waals surface area contributed by atoms with Crippen LogP contribution in [0.1, 0.15) is 12.0 Å². The molecule has 1 aromatic heterocycles. The van der Waals surface area contributed by atoms with Gasteiger partial charge in [-0.15, -0.1) is 0 Å². The standard InChI is InChI=1S/C16H18N4O/c1-10-6-11(14-4-5-18-16(17)19-14)2-3-15(10)20-8-13-7-12(20)9-21-13/h2-6,12-13H,7-9H2,1H3,(H2,17,18,19)/t12-,13-/m0/s1. The lowest BCUT2D eigenvalue weighted by Gasteiger charge is -2.30. The van der Waals surface area contributed by atoms with Gasteiger partial charge in [0, 0.05) is 24.0 Å². The van der Waals surface area contributed by atoms with Crippen molar-refractivity contribution < 1.29 is 4.74 Å². The van der Waals surface area contributed by atoms with Crippen molar-refractivity contribution in [1.29, 1.82) is 0 Å². The Balaban J connectivity index is 1.67. The molecule has 0 unspecified atom stereocenters. The summed E-state index contributed by atoms with van der Waals surface area (Å²) in [7, 11) is 0. The quantitative estimate of drug-likeness (QED) is 0.913. The zero-order chi connectivity index (χ0) is 14.4. The molecule has 1 aromatic carbocycles. The molecule has 2 aromatic rings. The summed E-state index contributed by atoms with van der Waals surface area (Å²) in [6.45, 7) is 4.01. The molecule has 0 spiro atoms. The molecule has 2 saturated heterocycles. The van der Waals surface area contributed by atoms with Gasteiger partial charge in [0.05, 0.1) is 24.4 Å². The first-order valence-electron chi connectivity index (χ1n) is 7.28. The van der Waals surface area contributed by atoms with Gasteiger partial charge in [0.1, 0.15) is 0 Å². The number of benzene rings is 1. The molecule has 5 nitrogen and oxygen atoms in total. The van der Waals surface area contributed by atoms with Gasteiger partial charge >= 0.3 is 0 Å². The molecule has 21 heavy (non-hydrogen) atoms. The van der Waals surface area contributed by atoms with Gasteiger partial charge in [-0.3, -0.25) is 0 Å². The highest BCUT2D eigenvalue weighted by Crippen LogP contribution is 2.35. The Morgan fingerprint density at radius 1 is 1.33 bits per heavy atom. The highest BCUT2D eigenvalue weighted by atomic mass is 16.5. The normalized spacial score (nSPS) is 23.8. The van der Waals surface area contributed by atoms with E-state index in [1.165, 1.54) is 11.3 Å².